The molecule has 0 atom stereocenters. The Morgan fingerprint density at radius 3 is 2.50 bits per heavy atom. The van der Waals surface area contributed by atoms with Crippen molar-refractivity contribution < 1.29 is 17.2 Å². The molecule has 9 heteroatoms. The van der Waals surface area contributed by atoms with E-state index in [1.807, 2.05) is 4.72 Å². The Morgan fingerprint density at radius 2 is 1.95 bits per heavy atom. The molecule has 0 unspecified atom stereocenters. The van der Waals surface area contributed by atoms with Gasteiger partial charge in [-0.3, -0.25) is 4.72 Å². The molecule has 1 aromatic heterocycles. The average Bonchev–Trinajstić information content (AvgIpc) is 2.83. The molecule has 0 aliphatic carbocycles. The van der Waals surface area contributed by atoms with Crippen LogP contribution in [-0.2, 0) is 10.0 Å². The maximum Gasteiger partial charge on any atom is 0.271 e. The van der Waals surface area contributed by atoms with Crippen molar-refractivity contribution in [3.8, 4) is 0 Å². The third-order valence-corrected chi connectivity index (χ3v) is 5.59. The fourth-order valence-corrected chi connectivity index (χ4v) is 3.78. The number of hydrogen-bond acceptors (Lipinski definition) is 4. The maximum atomic E-state index is 13.4. The Hall–Kier alpha value is -1.58. The van der Waals surface area contributed by atoms with Gasteiger partial charge in [-0.25, -0.2) is 17.2 Å². The van der Waals surface area contributed by atoms with Crippen molar-refractivity contribution in [2.24, 2.45) is 5.73 Å². The first kappa shape index (κ1) is 14.8. The summed E-state index contributed by atoms with van der Waals surface area (Å²) in [6.45, 7) is 0. The molecular weight excluding hydrogens is 326 g/mol. The second-order valence-corrected chi connectivity index (χ2v) is 7.15. The highest BCUT2D eigenvalue weighted by molar-refractivity contribution is 7.94. The van der Waals surface area contributed by atoms with Gasteiger partial charge < -0.3 is 5.73 Å². The molecule has 0 bridgehead atoms. The van der Waals surface area contributed by atoms with Gasteiger partial charge in [0.05, 0.1) is 10.6 Å². The van der Waals surface area contributed by atoms with Crippen LogP contribution in [0.25, 0.3) is 0 Å². The van der Waals surface area contributed by atoms with Crippen LogP contribution in [0.5, 0.6) is 0 Å². The molecule has 3 N–H and O–H groups in total. The van der Waals surface area contributed by atoms with Crippen molar-refractivity contribution in [2.45, 2.75) is 4.21 Å². The van der Waals surface area contributed by atoms with E-state index < -0.39 is 21.7 Å². The molecule has 0 saturated carbocycles. The highest BCUT2D eigenvalue weighted by Crippen LogP contribution is 2.25. The molecule has 20 heavy (non-hydrogen) atoms. The number of nitrogens with one attached hydrogen (secondary N) is 1. The summed E-state index contributed by atoms with van der Waals surface area (Å²) >= 11 is 5.60. The van der Waals surface area contributed by atoms with Crippen LogP contribution in [0, 0.1) is 11.6 Å². The van der Waals surface area contributed by atoms with E-state index in [1.54, 1.807) is 0 Å². The lowest BCUT2D eigenvalue weighted by atomic mass is 10.3. The summed E-state index contributed by atoms with van der Waals surface area (Å²) in [4.78, 5) is 0.504. The Labute approximate surface area is 123 Å². The Morgan fingerprint density at radius 1 is 1.25 bits per heavy atom. The number of halogens is 2. The van der Waals surface area contributed by atoms with E-state index in [1.165, 1.54) is 12.1 Å². The Kier molecular flexibility index (Phi) is 4.02. The van der Waals surface area contributed by atoms with E-state index in [0.717, 1.165) is 23.5 Å². The molecule has 0 amide bonds. The van der Waals surface area contributed by atoms with Gasteiger partial charge in [0.1, 0.15) is 20.8 Å². The minimum Gasteiger partial charge on any atom is -0.389 e. The zero-order chi connectivity index (χ0) is 14.9. The third kappa shape index (κ3) is 3.11. The van der Waals surface area contributed by atoms with Crippen LogP contribution in [0.2, 0.25) is 0 Å². The Balaban J connectivity index is 2.33. The van der Waals surface area contributed by atoms with Gasteiger partial charge in [-0.1, -0.05) is 12.2 Å². The quantitative estimate of drug-likeness (QED) is 0.843. The molecule has 0 aliphatic rings. The van der Waals surface area contributed by atoms with Crippen molar-refractivity contribution in [1.29, 1.82) is 0 Å². The molecular formula is C11H8F2N2O2S3. The molecule has 4 nitrogen and oxygen atoms in total. The molecule has 0 radical (unpaired) electrons. The summed E-state index contributed by atoms with van der Waals surface area (Å²) in [5.74, 6) is -1.79. The highest BCUT2D eigenvalue weighted by atomic mass is 32.2. The van der Waals surface area contributed by atoms with Crippen molar-refractivity contribution in [1.82, 2.24) is 0 Å². The summed E-state index contributed by atoms with van der Waals surface area (Å²) < 4.78 is 52.2. The van der Waals surface area contributed by atoms with Gasteiger partial charge in [-0.15, -0.1) is 11.3 Å². The van der Waals surface area contributed by atoms with Gasteiger partial charge in [0, 0.05) is 6.07 Å². The molecule has 0 saturated heterocycles. The highest BCUT2D eigenvalue weighted by Gasteiger charge is 2.19. The van der Waals surface area contributed by atoms with Crippen LogP contribution in [0.3, 0.4) is 0 Å². The number of thiophene rings is 1. The molecule has 1 heterocycles. The number of sulfonamides is 1. The zero-order valence-electron chi connectivity index (χ0n) is 9.76. The monoisotopic (exact) mass is 334 g/mol. The molecule has 1 aromatic carbocycles. The second-order valence-electron chi connectivity index (χ2n) is 3.71. The topological polar surface area (TPSA) is 72.2 Å². The minimum atomic E-state index is -3.97. The van der Waals surface area contributed by atoms with Crippen molar-refractivity contribution >= 4 is 44.3 Å². The fourth-order valence-electron chi connectivity index (χ4n) is 1.36. The molecule has 0 aliphatic heterocycles. The normalized spacial score (nSPS) is 11.3. The van der Waals surface area contributed by atoms with Gasteiger partial charge in [-0.05, 0) is 24.3 Å². The van der Waals surface area contributed by atoms with E-state index >= 15 is 0 Å². The predicted molar refractivity (Wildman–Crippen MR) is 77.4 cm³/mol. The summed E-state index contributed by atoms with van der Waals surface area (Å²) in [6, 6.07) is 5.32. The van der Waals surface area contributed by atoms with Crippen LogP contribution < -0.4 is 10.5 Å². The summed E-state index contributed by atoms with van der Waals surface area (Å²) in [7, 11) is -3.97. The first-order valence-corrected chi connectivity index (χ1v) is 7.88. The number of hydrogen-bond donors (Lipinski definition) is 2. The lowest BCUT2D eigenvalue weighted by Crippen LogP contribution is -2.12. The standard InChI is InChI=1S/C11H8F2N2O2S3/c12-6-1-2-8(7(13)5-6)15-20(16,17)10-4-3-9(19-10)11(14)18/h1-5,15H,(H2,14,18). The number of nitrogens with two attached hydrogens (primary N) is 1. The summed E-state index contributed by atoms with van der Waals surface area (Å²) in [6.07, 6.45) is 0. The largest absolute Gasteiger partial charge is 0.389 e. The van der Waals surface area contributed by atoms with Crippen molar-refractivity contribution in [2.75, 3.05) is 4.72 Å². The van der Waals surface area contributed by atoms with Crippen LogP contribution in [0.1, 0.15) is 4.88 Å². The van der Waals surface area contributed by atoms with E-state index in [2.05, 4.69) is 0 Å². The minimum absolute atomic E-state index is 0.0657. The van der Waals surface area contributed by atoms with Gasteiger partial charge in [0.15, 0.2) is 0 Å². The van der Waals surface area contributed by atoms with Crippen molar-refractivity contribution in [3.63, 3.8) is 0 Å². The zero-order valence-corrected chi connectivity index (χ0v) is 12.2. The average molecular weight is 334 g/mol. The van der Waals surface area contributed by atoms with Crippen LogP contribution >= 0.6 is 23.6 Å². The Bertz CT molecular complexity index is 772. The van der Waals surface area contributed by atoms with Crippen LogP contribution in [-0.4, -0.2) is 13.4 Å². The lowest BCUT2D eigenvalue weighted by molar-refractivity contribution is 0.583. The lowest BCUT2D eigenvalue weighted by Gasteiger charge is -2.07. The van der Waals surface area contributed by atoms with Gasteiger partial charge in [-0.2, -0.15) is 0 Å². The number of thiocarbonyl (C=S) groups is 1. The number of rotatable bonds is 4. The molecule has 2 aromatic rings. The van der Waals surface area contributed by atoms with E-state index in [9.17, 15) is 17.2 Å². The molecule has 0 spiro atoms. The summed E-state index contributed by atoms with van der Waals surface area (Å²) in [5, 5.41) is 0. The van der Waals surface area contributed by atoms with E-state index in [0.29, 0.717) is 10.9 Å². The number of benzene rings is 1. The van der Waals surface area contributed by atoms with Gasteiger partial charge in [0.25, 0.3) is 10.0 Å². The SMILES string of the molecule is NC(=S)c1ccc(S(=O)(=O)Nc2ccc(F)cc2F)s1. The van der Waals surface area contributed by atoms with Crippen LogP contribution in [0.4, 0.5) is 14.5 Å². The van der Waals surface area contributed by atoms with Crippen molar-refractivity contribution in [3.05, 3.63) is 46.8 Å². The number of anilines is 1. The molecule has 2 rings (SSSR count). The van der Waals surface area contributed by atoms with Crippen LogP contribution in [0.15, 0.2) is 34.5 Å². The predicted octanol–water partition coefficient (Wildman–Crippen LogP) is 2.46. The molecule has 106 valence electrons. The van der Waals surface area contributed by atoms with E-state index in [4.69, 9.17) is 18.0 Å². The third-order valence-electron chi connectivity index (χ3n) is 2.26. The fraction of sp³-hybridized carbons (Fsp3) is 0. The van der Waals surface area contributed by atoms with E-state index in [-0.39, 0.29) is 14.9 Å². The maximum absolute atomic E-state index is 13.4. The molecule has 0 fully saturated rings. The van der Waals surface area contributed by atoms with Gasteiger partial charge >= 0.3 is 0 Å². The first-order valence-electron chi connectivity index (χ1n) is 5.17. The first-order chi connectivity index (χ1) is 9.29. The summed E-state index contributed by atoms with van der Waals surface area (Å²) in [5.41, 5.74) is 5.05. The van der Waals surface area contributed by atoms with Gasteiger partial charge in [0.2, 0.25) is 0 Å². The smallest absolute Gasteiger partial charge is 0.271 e. The second kappa shape index (κ2) is 5.43.